The maximum Gasteiger partial charge on any atom is 0.262 e. The molecule has 9 heteroatoms. The van der Waals surface area contributed by atoms with Crippen LogP contribution in [0, 0.1) is 0 Å². The number of amides is 2. The summed E-state index contributed by atoms with van der Waals surface area (Å²) in [5.41, 5.74) is 1.60. The second-order valence-corrected chi connectivity index (χ2v) is 10.3. The lowest BCUT2D eigenvalue weighted by atomic mass is 10.0. The number of anilines is 1. The molecule has 0 aliphatic carbocycles. The summed E-state index contributed by atoms with van der Waals surface area (Å²) in [5.74, 6) is -0.454. The smallest absolute Gasteiger partial charge is 0.262 e. The van der Waals surface area contributed by atoms with Crippen molar-refractivity contribution < 1.29 is 22.7 Å². The van der Waals surface area contributed by atoms with Crippen LogP contribution in [0.2, 0.25) is 0 Å². The Kier molecular flexibility index (Phi) is 6.76. The van der Waals surface area contributed by atoms with Crippen molar-refractivity contribution in [2.75, 3.05) is 30.8 Å². The first kappa shape index (κ1) is 22.3. The van der Waals surface area contributed by atoms with Crippen LogP contribution in [-0.2, 0) is 26.0 Å². The highest BCUT2D eigenvalue weighted by molar-refractivity contribution is 7.91. The molecule has 2 aliphatic heterocycles. The van der Waals surface area contributed by atoms with Gasteiger partial charge in [-0.05, 0) is 36.6 Å². The monoisotopic (exact) mass is 457 g/mol. The van der Waals surface area contributed by atoms with Crippen molar-refractivity contribution >= 4 is 27.3 Å². The van der Waals surface area contributed by atoms with E-state index in [2.05, 4.69) is 27.7 Å². The summed E-state index contributed by atoms with van der Waals surface area (Å²) >= 11 is 0. The third-order valence-electron chi connectivity index (χ3n) is 5.74. The van der Waals surface area contributed by atoms with E-state index in [9.17, 15) is 18.0 Å². The number of carbonyl (C=O) groups excluding carboxylic acids is 2. The Hall–Kier alpha value is -2.91. The van der Waals surface area contributed by atoms with Crippen molar-refractivity contribution in [2.24, 2.45) is 0 Å². The van der Waals surface area contributed by atoms with Gasteiger partial charge in [-0.15, -0.1) is 0 Å². The van der Waals surface area contributed by atoms with E-state index in [-0.39, 0.29) is 41.5 Å². The van der Waals surface area contributed by atoms with Gasteiger partial charge in [0.2, 0.25) is 5.91 Å². The highest BCUT2D eigenvalue weighted by Gasteiger charge is 2.24. The van der Waals surface area contributed by atoms with Crippen LogP contribution in [0.4, 0.5) is 5.69 Å². The third-order valence-corrected chi connectivity index (χ3v) is 7.46. The van der Waals surface area contributed by atoms with Crippen molar-refractivity contribution in [3.63, 3.8) is 0 Å². The zero-order valence-electron chi connectivity index (χ0n) is 17.7. The largest absolute Gasteiger partial charge is 0.482 e. The van der Waals surface area contributed by atoms with Crippen molar-refractivity contribution in [3.8, 4) is 5.75 Å². The minimum Gasteiger partial charge on any atom is -0.482 e. The van der Waals surface area contributed by atoms with Gasteiger partial charge in [-0.3, -0.25) is 14.5 Å². The molecule has 0 atom stereocenters. The topological polar surface area (TPSA) is 105 Å². The molecule has 2 aliphatic rings. The van der Waals surface area contributed by atoms with Crippen LogP contribution in [-0.4, -0.2) is 56.6 Å². The number of hydrogen-bond donors (Lipinski definition) is 2. The lowest BCUT2D eigenvalue weighted by Gasteiger charge is -2.32. The Morgan fingerprint density at radius 3 is 2.62 bits per heavy atom. The van der Waals surface area contributed by atoms with E-state index in [1.165, 1.54) is 23.8 Å². The van der Waals surface area contributed by atoms with Crippen LogP contribution >= 0.6 is 0 Å². The number of benzene rings is 2. The normalized spacial score (nSPS) is 17.2. The lowest BCUT2D eigenvalue weighted by Crippen LogP contribution is -2.44. The lowest BCUT2D eigenvalue weighted by molar-refractivity contribution is -0.121. The molecule has 2 amide bonds. The molecule has 2 heterocycles. The molecular weight excluding hydrogens is 430 g/mol. The van der Waals surface area contributed by atoms with Crippen LogP contribution in [0.15, 0.2) is 53.4 Å². The molecule has 0 spiro atoms. The Bertz CT molecular complexity index is 1080. The second kappa shape index (κ2) is 9.70. The van der Waals surface area contributed by atoms with Crippen molar-refractivity contribution in [3.05, 3.63) is 54.1 Å². The highest BCUT2D eigenvalue weighted by atomic mass is 32.2. The summed E-state index contributed by atoms with van der Waals surface area (Å²) in [6.07, 6.45) is 1.58. The molecule has 0 unspecified atom stereocenters. The fourth-order valence-electron chi connectivity index (χ4n) is 3.98. The standard InChI is InChI=1S/C23H27N3O5S/c27-22(24-18-8-11-26(12-9-18)15-17-4-2-1-3-5-17)10-13-32(29,30)19-6-7-21-20(14-19)25-23(28)16-31-21/h1-7,14,18H,8-13,15-16H2,(H,24,27)(H,25,28). The van der Waals surface area contributed by atoms with Crippen molar-refractivity contribution in [1.82, 2.24) is 10.2 Å². The summed E-state index contributed by atoms with van der Waals surface area (Å²) in [6, 6.07) is 14.7. The number of nitrogens with one attached hydrogen (secondary N) is 2. The van der Waals surface area contributed by atoms with Crippen LogP contribution in [0.1, 0.15) is 24.8 Å². The average molecular weight is 458 g/mol. The predicted molar refractivity (Wildman–Crippen MR) is 120 cm³/mol. The van der Waals surface area contributed by atoms with E-state index in [0.717, 1.165) is 32.5 Å². The van der Waals surface area contributed by atoms with Crippen molar-refractivity contribution in [2.45, 2.75) is 36.7 Å². The zero-order valence-corrected chi connectivity index (χ0v) is 18.6. The second-order valence-electron chi connectivity index (χ2n) is 8.17. The van der Waals surface area contributed by atoms with E-state index in [0.29, 0.717) is 11.4 Å². The molecular formula is C23H27N3O5S. The minimum absolute atomic E-state index is 0.0593. The summed E-state index contributed by atoms with van der Waals surface area (Å²) < 4.78 is 30.6. The van der Waals surface area contributed by atoms with Crippen molar-refractivity contribution in [1.29, 1.82) is 0 Å². The summed E-state index contributed by atoms with van der Waals surface area (Å²) in [5, 5.41) is 5.57. The van der Waals surface area contributed by atoms with Crippen LogP contribution in [0.5, 0.6) is 5.75 Å². The van der Waals surface area contributed by atoms with Crippen LogP contribution in [0.3, 0.4) is 0 Å². The number of carbonyl (C=O) groups is 2. The zero-order chi connectivity index (χ0) is 22.6. The number of ether oxygens (including phenoxy) is 1. The Morgan fingerprint density at radius 1 is 1.12 bits per heavy atom. The number of hydrogen-bond acceptors (Lipinski definition) is 6. The van der Waals surface area contributed by atoms with Gasteiger partial charge in [0.05, 0.1) is 16.3 Å². The summed E-state index contributed by atoms with van der Waals surface area (Å²) in [6.45, 7) is 2.58. The van der Waals surface area contributed by atoms with Gasteiger partial charge in [0.25, 0.3) is 5.91 Å². The number of fused-ring (bicyclic) bond motifs is 1. The van der Waals surface area contributed by atoms with Gasteiger partial charge < -0.3 is 15.4 Å². The molecule has 32 heavy (non-hydrogen) atoms. The Morgan fingerprint density at radius 2 is 1.88 bits per heavy atom. The molecule has 0 saturated carbocycles. The minimum atomic E-state index is -3.67. The summed E-state index contributed by atoms with van der Waals surface area (Å²) in [4.78, 5) is 26.3. The SMILES string of the molecule is O=C1COc2ccc(S(=O)(=O)CCC(=O)NC3CCN(Cc4ccccc4)CC3)cc2N1. The number of nitrogens with zero attached hydrogens (tertiary/aromatic N) is 1. The van der Waals surface area contributed by atoms with Crippen LogP contribution < -0.4 is 15.4 Å². The average Bonchev–Trinajstić information content (AvgIpc) is 2.79. The molecule has 8 nitrogen and oxygen atoms in total. The molecule has 0 radical (unpaired) electrons. The number of sulfone groups is 1. The number of likely N-dealkylation sites (tertiary alicyclic amines) is 1. The van der Waals surface area contributed by atoms with Gasteiger partial charge in [-0.2, -0.15) is 0 Å². The maximum absolute atomic E-state index is 12.7. The predicted octanol–water partition coefficient (Wildman–Crippen LogP) is 1.96. The van der Waals surface area contributed by atoms with Gasteiger partial charge in [0.1, 0.15) is 5.75 Å². The fraction of sp³-hybridized carbons (Fsp3) is 0.391. The highest BCUT2D eigenvalue weighted by Crippen LogP contribution is 2.30. The van der Waals surface area contributed by atoms with Gasteiger partial charge in [0.15, 0.2) is 16.4 Å². The fourth-order valence-corrected chi connectivity index (χ4v) is 5.24. The molecule has 2 aromatic rings. The quantitative estimate of drug-likeness (QED) is 0.659. The van der Waals surface area contributed by atoms with Crippen LogP contribution in [0.25, 0.3) is 0 Å². The first-order valence-electron chi connectivity index (χ1n) is 10.7. The van der Waals surface area contributed by atoms with Gasteiger partial charge >= 0.3 is 0 Å². The molecule has 0 bridgehead atoms. The molecule has 170 valence electrons. The summed E-state index contributed by atoms with van der Waals surface area (Å²) in [7, 11) is -3.67. The Labute approximate surface area is 187 Å². The molecule has 0 aromatic heterocycles. The number of piperidine rings is 1. The first-order valence-corrected chi connectivity index (χ1v) is 12.4. The van der Waals surface area contributed by atoms with E-state index in [1.54, 1.807) is 0 Å². The van der Waals surface area contributed by atoms with Gasteiger partial charge in [-0.25, -0.2) is 8.42 Å². The Balaban J connectivity index is 1.24. The third kappa shape index (κ3) is 5.66. The van der Waals surface area contributed by atoms with Gasteiger partial charge in [0, 0.05) is 32.1 Å². The molecule has 1 fully saturated rings. The number of rotatable bonds is 7. The first-order chi connectivity index (χ1) is 15.4. The van der Waals surface area contributed by atoms with E-state index < -0.39 is 9.84 Å². The van der Waals surface area contributed by atoms with E-state index in [4.69, 9.17) is 4.74 Å². The van der Waals surface area contributed by atoms with Gasteiger partial charge in [-0.1, -0.05) is 30.3 Å². The molecule has 4 rings (SSSR count). The molecule has 2 N–H and O–H groups in total. The van der Waals surface area contributed by atoms with E-state index >= 15 is 0 Å². The maximum atomic E-state index is 12.7. The molecule has 2 aromatic carbocycles. The molecule has 1 saturated heterocycles. The van der Waals surface area contributed by atoms with E-state index in [1.807, 2.05) is 18.2 Å².